The first-order valence-corrected chi connectivity index (χ1v) is 6.98. The molecule has 0 bridgehead atoms. The van der Waals surface area contributed by atoms with E-state index in [0.29, 0.717) is 4.67 Å². The van der Waals surface area contributed by atoms with E-state index in [4.69, 9.17) is 13.6 Å². The van der Waals surface area contributed by atoms with Gasteiger partial charge < -0.3 is 18.9 Å². The number of aromatic nitrogens is 1. The predicted octanol–water partition coefficient (Wildman–Crippen LogP) is 2.87. The molecule has 19 heavy (non-hydrogen) atoms. The Kier molecular flexibility index (Phi) is 5.62. The summed E-state index contributed by atoms with van der Waals surface area (Å²) in [5.74, 6) is 1.47. The van der Waals surface area contributed by atoms with Crippen molar-refractivity contribution >= 4 is 15.9 Å². The Balaban J connectivity index is 1.77. The van der Waals surface area contributed by atoms with Gasteiger partial charge in [0, 0.05) is 20.1 Å². The molecule has 2 rings (SSSR count). The van der Waals surface area contributed by atoms with Crippen LogP contribution in [0.25, 0.3) is 11.3 Å². The van der Waals surface area contributed by atoms with Gasteiger partial charge in [0.05, 0.1) is 24.6 Å². The van der Waals surface area contributed by atoms with Crippen molar-refractivity contribution in [1.82, 2.24) is 10.3 Å². The second-order valence-electron chi connectivity index (χ2n) is 4.07. The molecule has 0 aliphatic rings. The maximum atomic E-state index is 5.68. The molecule has 0 spiro atoms. The minimum Gasteiger partial charge on any atom is -0.457 e. The highest BCUT2D eigenvalue weighted by atomic mass is 79.9. The lowest BCUT2D eigenvalue weighted by atomic mass is 10.3. The Labute approximate surface area is 120 Å². The smallest absolute Gasteiger partial charge is 0.194 e. The Morgan fingerprint density at radius 1 is 1.42 bits per heavy atom. The minimum absolute atomic E-state index is 0.663. The van der Waals surface area contributed by atoms with E-state index < -0.39 is 0 Å². The summed E-state index contributed by atoms with van der Waals surface area (Å²) in [4.78, 5) is 4.27. The fourth-order valence-electron chi connectivity index (χ4n) is 1.68. The van der Waals surface area contributed by atoms with Gasteiger partial charge in [-0.2, -0.15) is 0 Å². The minimum atomic E-state index is 0.663. The number of ether oxygens (including phenoxy) is 1. The highest BCUT2D eigenvalue weighted by molar-refractivity contribution is 9.10. The number of nitrogens with zero attached hydrogens (tertiary/aromatic N) is 1. The van der Waals surface area contributed by atoms with Crippen molar-refractivity contribution in [2.75, 3.05) is 26.8 Å². The average Bonchev–Trinajstić information content (AvgIpc) is 3.02. The number of hydrogen-bond donors (Lipinski definition) is 1. The van der Waals surface area contributed by atoms with Crippen LogP contribution >= 0.6 is 15.9 Å². The molecule has 0 radical (unpaired) electrons. The lowest BCUT2D eigenvalue weighted by molar-refractivity contribution is 0.199. The third-order valence-electron chi connectivity index (χ3n) is 2.66. The second kappa shape index (κ2) is 7.47. The first kappa shape index (κ1) is 14.3. The third kappa shape index (κ3) is 4.19. The van der Waals surface area contributed by atoms with Gasteiger partial charge in [0.1, 0.15) is 0 Å². The van der Waals surface area contributed by atoms with Gasteiger partial charge in [0.15, 0.2) is 16.3 Å². The molecule has 1 N–H and O–H groups in total. The van der Waals surface area contributed by atoms with Gasteiger partial charge >= 0.3 is 0 Å². The molecule has 0 aromatic carbocycles. The maximum absolute atomic E-state index is 5.68. The molecule has 0 aliphatic heterocycles. The van der Waals surface area contributed by atoms with Crippen molar-refractivity contribution in [2.45, 2.75) is 12.8 Å². The quantitative estimate of drug-likeness (QED) is 0.755. The summed E-state index contributed by atoms with van der Waals surface area (Å²) in [6.45, 7) is 2.53. The van der Waals surface area contributed by atoms with Crippen LogP contribution in [0.15, 0.2) is 32.0 Å². The summed E-state index contributed by atoms with van der Waals surface area (Å²) >= 11 is 3.32. The van der Waals surface area contributed by atoms with Crippen LogP contribution in [-0.4, -0.2) is 31.8 Å². The van der Waals surface area contributed by atoms with E-state index in [0.717, 1.165) is 49.8 Å². The Bertz CT molecular complexity index is 496. The van der Waals surface area contributed by atoms with E-state index >= 15 is 0 Å². The van der Waals surface area contributed by atoms with Gasteiger partial charge in [0.2, 0.25) is 0 Å². The van der Waals surface area contributed by atoms with Gasteiger partial charge in [-0.3, -0.25) is 0 Å². The van der Waals surface area contributed by atoms with Crippen LogP contribution < -0.4 is 5.32 Å². The molecule has 0 saturated heterocycles. The van der Waals surface area contributed by atoms with Crippen molar-refractivity contribution < 1.29 is 13.6 Å². The van der Waals surface area contributed by atoms with Crippen LogP contribution in [0, 0.1) is 0 Å². The molecule has 6 heteroatoms. The fourth-order valence-corrected chi connectivity index (χ4v) is 2.12. The van der Waals surface area contributed by atoms with Gasteiger partial charge in [-0.05, 0) is 35.0 Å². The van der Waals surface area contributed by atoms with Crippen LogP contribution in [0.1, 0.15) is 12.3 Å². The number of aryl methyl sites for hydroxylation is 1. The van der Waals surface area contributed by atoms with Gasteiger partial charge in [-0.15, -0.1) is 0 Å². The van der Waals surface area contributed by atoms with Crippen LogP contribution in [0.2, 0.25) is 0 Å². The number of rotatable bonds is 8. The van der Waals surface area contributed by atoms with E-state index in [1.807, 2.05) is 6.07 Å². The molecular formula is C13H17BrN2O3. The van der Waals surface area contributed by atoms with E-state index in [2.05, 4.69) is 26.2 Å². The standard InChI is InChI=1S/C13H17BrN2O3/c1-17-8-6-15-5-2-3-12-16-9-11(19-12)10-4-7-18-13(10)14/h4,7,9,15H,2-3,5-6,8H2,1H3. The lowest BCUT2D eigenvalue weighted by Crippen LogP contribution is -2.20. The number of methoxy groups -OCH3 is 1. The highest BCUT2D eigenvalue weighted by Gasteiger charge is 2.11. The molecule has 0 unspecified atom stereocenters. The van der Waals surface area contributed by atoms with E-state index in [1.165, 1.54) is 0 Å². The average molecular weight is 329 g/mol. The molecule has 0 aliphatic carbocycles. The number of nitrogens with one attached hydrogen (secondary N) is 1. The first-order chi connectivity index (χ1) is 9.31. The van der Waals surface area contributed by atoms with Crippen LogP contribution in [-0.2, 0) is 11.2 Å². The highest BCUT2D eigenvalue weighted by Crippen LogP contribution is 2.29. The summed E-state index contributed by atoms with van der Waals surface area (Å²) in [6, 6.07) is 1.85. The van der Waals surface area contributed by atoms with Crippen molar-refractivity contribution in [3.05, 3.63) is 29.1 Å². The van der Waals surface area contributed by atoms with Gasteiger partial charge in [0.25, 0.3) is 0 Å². The summed E-state index contributed by atoms with van der Waals surface area (Å²) in [5.41, 5.74) is 0.886. The van der Waals surface area contributed by atoms with Crippen LogP contribution in [0.5, 0.6) is 0 Å². The van der Waals surface area contributed by atoms with E-state index in [9.17, 15) is 0 Å². The summed E-state index contributed by atoms with van der Waals surface area (Å²) in [7, 11) is 1.70. The Morgan fingerprint density at radius 3 is 3.05 bits per heavy atom. The fraction of sp³-hybridized carbons (Fsp3) is 0.462. The lowest BCUT2D eigenvalue weighted by Gasteiger charge is -2.01. The Morgan fingerprint density at radius 2 is 2.32 bits per heavy atom. The monoisotopic (exact) mass is 328 g/mol. The number of oxazole rings is 1. The molecular weight excluding hydrogens is 312 g/mol. The number of halogens is 1. The third-order valence-corrected chi connectivity index (χ3v) is 3.28. The van der Waals surface area contributed by atoms with Crippen molar-refractivity contribution in [3.63, 3.8) is 0 Å². The molecule has 104 valence electrons. The zero-order chi connectivity index (χ0) is 13.5. The van der Waals surface area contributed by atoms with E-state index in [1.54, 1.807) is 19.6 Å². The second-order valence-corrected chi connectivity index (χ2v) is 4.79. The summed E-state index contributed by atoms with van der Waals surface area (Å²) in [5, 5.41) is 3.28. The molecule has 2 aromatic rings. The Hall–Kier alpha value is -1.11. The SMILES string of the molecule is COCCNCCCc1ncc(-c2ccoc2Br)o1. The van der Waals surface area contributed by atoms with Crippen molar-refractivity contribution in [1.29, 1.82) is 0 Å². The van der Waals surface area contributed by atoms with Gasteiger partial charge in [-0.1, -0.05) is 0 Å². The number of furan rings is 1. The predicted molar refractivity (Wildman–Crippen MR) is 75.0 cm³/mol. The first-order valence-electron chi connectivity index (χ1n) is 6.19. The largest absolute Gasteiger partial charge is 0.457 e. The number of hydrogen-bond acceptors (Lipinski definition) is 5. The molecule has 0 fully saturated rings. The zero-order valence-electron chi connectivity index (χ0n) is 10.8. The molecule has 0 saturated carbocycles. The molecule has 2 aromatic heterocycles. The summed E-state index contributed by atoms with van der Waals surface area (Å²) < 4.78 is 16.5. The van der Waals surface area contributed by atoms with Crippen molar-refractivity contribution in [3.8, 4) is 11.3 Å². The maximum Gasteiger partial charge on any atom is 0.194 e. The normalized spacial score (nSPS) is 11.1. The molecule has 2 heterocycles. The topological polar surface area (TPSA) is 60.4 Å². The van der Waals surface area contributed by atoms with Crippen LogP contribution in [0.4, 0.5) is 0 Å². The molecule has 0 atom stereocenters. The van der Waals surface area contributed by atoms with Crippen LogP contribution in [0.3, 0.4) is 0 Å². The molecule has 0 amide bonds. The van der Waals surface area contributed by atoms with E-state index in [-0.39, 0.29) is 0 Å². The van der Waals surface area contributed by atoms with Crippen molar-refractivity contribution in [2.24, 2.45) is 0 Å². The molecule has 5 nitrogen and oxygen atoms in total. The summed E-state index contributed by atoms with van der Waals surface area (Å²) in [6.07, 6.45) is 5.14. The van der Waals surface area contributed by atoms with Gasteiger partial charge in [-0.25, -0.2) is 4.98 Å². The zero-order valence-corrected chi connectivity index (χ0v) is 12.4.